The van der Waals surface area contributed by atoms with Gasteiger partial charge in [0.2, 0.25) is 12.3 Å². The molecule has 3 rings (SSSR count). The van der Waals surface area contributed by atoms with Gasteiger partial charge in [0.15, 0.2) is 0 Å². The number of nitrogens with two attached hydrogens (primary N) is 1. The van der Waals surface area contributed by atoms with E-state index in [0.29, 0.717) is 17.0 Å². The Morgan fingerprint density at radius 2 is 1.83 bits per heavy atom. The molecule has 0 bridgehead atoms. The van der Waals surface area contributed by atoms with E-state index in [1.165, 1.54) is 24.6 Å². The third-order valence-electron chi connectivity index (χ3n) is 3.01. The molecule has 5 nitrogen and oxygen atoms in total. The number of benzene rings is 2. The monoisotopic (exact) mass is 321 g/mol. The van der Waals surface area contributed by atoms with Gasteiger partial charge >= 0.3 is 6.18 Å². The molecule has 0 amide bonds. The van der Waals surface area contributed by atoms with E-state index in [2.05, 4.69) is 10.2 Å². The van der Waals surface area contributed by atoms with E-state index in [4.69, 9.17) is 14.9 Å². The Hall–Kier alpha value is -3.03. The minimum atomic E-state index is -4.43. The van der Waals surface area contributed by atoms with Gasteiger partial charge in [-0.25, -0.2) is 0 Å². The number of hydrogen-bond donors (Lipinski definition) is 1. The zero-order valence-corrected chi connectivity index (χ0v) is 11.5. The summed E-state index contributed by atoms with van der Waals surface area (Å²) in [6.07, 6.45) is -3.26. The standard InChI is InChI=1S/C15H10F3N3O2/c16-15(17,18)9-2-1-3-10(6-9)23-11-4-5-12(13(19)7-11)14-21-20-8-22-14/h1-8H,19H2. The first-order valence-electron chi connectivity index (χ1n) is 6.44. The summed E-state index contributed by atoms with van der Waals surface area (Å²) in [4.78, 5) is 0. The average Bonchev–Trinajstić information content (AvgIpc) is 3.01. The Morgan fingerprint density at radius 3 is 2.48 bits per heavy atom. The zero-order valence-electron chi connectivity index (χ0n) is 11.5. The van der Waals surface area contributed by atoms with Crippen molar-refractivity contribution in [1.29, 1.82) is 0 Å². The van der Waals surface area contributed by atoms with E-state index in [0.717, 1.165) is 12.1 Å². The lowest BCUT2D eigenvalue weighted by atomic mass is 10.1. The summed E-state index contributed by atoms with van der Waals surface area (Å²) in [6, 6.07) is 9.20. The molecule has 118 valence electrons. The molecule has 0 spiro atoms. The van der Waals surface area contributed by atoms with Gasteiger partial charge < -0.3 is 14.9 Å². The summed E-state index contributed by atoms with van der Waals surface area (Å²) in [5, 5.41) is 7.29. The van der Waals surface area contributed by atoms with Crippen LogP contribution in [0.15, 0.2) is 53.3 Å². The highest BCUT2D eigenvalue weighted by atomic mass is 19.4. The normalized spacial score (nSPS) is 11.4. The largest absolute Gasteiger partial charge is 0.457 e. The fraction of sp³-hybridized carbons (Fsp3) is 0.0667. The van der Waals surface area contributed by atoms with Crippen LogP contribution in [-0.2, 0) is 6.18 Å². The third kappa shape index (κ3) is 3.25. The van der Waals surface area contributed by atoms with Crippen LogP contribution in [0, 0.1) is 0 Å². The number of ether oxygens (including phenoxy) is 1. The fourth-order valence-electron chi connectivity index (χ4n) is 1.96. The summed E-state index contributed by atoms with van der Waals surface area (Å²) in [5.74, 6) is 0.600. The molecule has 23 heavy (non-hydrogen) atoms. The molecule has 0 unspecified atom stereocenters. The Kier molecular flexibility index (Phi) is 3.65. The second-order valence-corrected chi connectivity index (χ2v) is 4.62. The molecule has 2 aromatic carbocycles. The number of aromatic nitrogens is 2. The lowest BCUT2D eigenvalue weighted by Gasteiger charge is -2.11. The number of alkyl halides is 3. The van der Waals surface area contributed by atoms with Crippen molar-refractivity contribution in [2.24, 2.45) is 0 Å². The van der Waals surface area contributed by atoms with Gasteiger partial charge in [-0.05, 0) is 30.3 Å². The van der Waals surface area contributed by atoms with Crippen LogP contribution in [0.5, 0.6) is 11.5 Å². The predicted molar refractivity (Wildman–Crippen MR) is 75.7 cm³/mol. The molecule has 8 heteroatoms. The van der Waals surface area contributed by atoms with Crippen LogP contribution in [0.25, 0.3) is 11.5 Å². The first-order valence-corrected chi connectivity index (χ1v) is 6.44. The summed E-state index contributed by atoms with van der Waals surface area (Å²) in [6.45, 7) is 0. The van der Waals surface area contributed by atoms with E-state index in [9.17, 15) is 13.2 Å². The Morgan fingerprint density at radius 1 is 1.04 bits per heavy atom. The first-order chi connectivity index (χ1) is 10.9. The molecule has 1 aromatic heterocycles. The molecule has 2 N–H and O–H groups in total. The number of halogens is 3. The van der Waals surface area contributed by atoms with Crippen molar-refractivity contribution in [3.8, 4) is 23.0 Å². The Labute approximate surface area is 128 Å². The van der Waals surface area contributed by atoms with Crippen LogP contribution in [0.1, 0.15) is 5.56 Å². The molecular formula is C15H10F3N3O2. The van der Waals surface area contributed by atoms with E-state index in [1.54, 1.807) is 12.1 Å². The highest BCUT2D eigenvalue weighted by Gasteiger charge is 2.30. The lowest BCUT2D eigenvalue weighted by molar-refractivity contribution is -0.137. The molecular weight excluding hydrogens is 311 g/mol. The Bertz CT molecular complexity index is 817. The second-order valence-electron chi connectivity index (χ2n) is 4.62. The fourth-order valence-corrected chi connectivity index (χ4v) is 1.96. The van der Waals surface area contributed by atoms with Gasteiger partial charge in [-0.15, -0.1) is 10.2 Å². The molecule has 0 atom stereocenters. The second kappa shape index (κ2) is 5.64. The zero-order chi connectivity index (χ0) is 16.4. The number of hydrogen-bond acceptors (Lipinski definition) is 5. The maximum Gasteiger partial charge on any atom is 0.416 e. The van der Waals surface area contributed by atoms with Crippen LogP contribution >= 0.6 is 0 Å². The maximum absolute atomic E-state index is 12.7. The van der Waals surface area contributed by atoms with Crippen molar-refractivity contribution in [3.05, 3.63) is 54.4 Å². The van der Waals surface area contributed by atoms with Crippen LogP contribution in [0.2, 0.25) is 0 Å². The minimum Gasteiger partial charge on any atom is -0.457 e. The number of nitrogens with zero attached hydrogens (tertiary/aromatic N) is 2. The van der Waals surface area contributed by atoms with Crippen molar-refractivity contribution in [2.75, 3.05) is 5.73 Å². The van der Waals surface area contributed by atoms with Gasteiger partial charge in [0.25, 0.3) is 0 Å². The third-order valence-corrected chi connectivity index (χ3v) is 3.01. The summed E-state index contributed by atoms with van der Waals surface area (Å²) in [5.41, 5.74) is 5.91. The number of nitrogen functional groups attached to an aromatic ring is 1. The van der Waals surface area contributed by atoms with Crippen LogP contribution in [0.4, 0.5) is 18.9 Å². The van der Waals surface area contributed by atoms with Crippen molar-refractivity contribution in [1.82, 2.24) is 10.2 Å². The lowest BCUT2D eigenvalue weighted by Crippen LogP contribution is -2.04. The molecule has 0 radical (unpaired) electrons. The molecule has 3 aromatic rings. The number of anilines is 1. The van der Waals surface area contributed by atoms with E-state index < -0.39 is 11.7 Å². The van der Waals surface area contributed by atoms with Gasteiger partial charge in [0, 0.05) is 11.8 Å². The highest BCUT2D eigenvalue weighted by Crippen LogP contribution is 2.34. The van der Waals surface area contributed by atoms with E-state index in [1.807, 2.05) is 0 Å². The SMILES string of the molecule is Nc1cc(Oc2cccc(C(F)(F)F)c2)ccc1-c1nnco1. The maximum atomic E-state index is 12.7. The first kappa shape index (κ1) is 14.9. The molecule has 0 aliphatic heterocycles. The highest BCUT2D eigenvalue weighted by molar-refractivity contribution is 5.71. The van der Waals surface area contributed by atoms with Gasteiger partial charge in [0.1, 0.15) is 11.5 Å². The molecule has 0 fully saturated rings. The van der Waals surface area contributed by atoms with Gasteiger partial charge in [-0.2, -0.15) is 13.2 Å². The topological polar surface area (TPSA) is 74.2 Å². The van der Waals surface area contributed by atoms with Gasteiger partial charge in [-0.1, -0.05) is 6.07 Å². The molecule has 0 aliphatic carbocycles. The molecule has 0 saturated heterocycles. The van der Waals surface area contributed by atoms with Gasteiger partial charge in [0.05, 0.1) is 11.1 Å². The van der Waals surface area contributed by atoms with E-state index in [-0.39, 0.29) is 11.6 Å². The van der Waals surface area contributed by atoms with E-state index >= 15 is 0 Å². The molecule has 0 saturated carbocycles. The van der Waals surface area contributed by atoms with Crippen molar-refractivity contribution < 1.29 is 22.3 Å². The molecule has 0 aliphatic rings. The van der Waals surface area contributed by atoms with Gasteiger partial charge in [-0.3, -0.25) is 0 Å². The minimum absolute atomic E-state index is 0.0600. The summed E-state index contributed by atoms with van der Waals surface area (Å²) < 4.78 is 48.5. The average molecular weight is 321 g/mol. The summed E-state index contributed by atoms with van der Waals surface area (Å²) in [7, 11) is 0. The predicted octanol–water partition coefficient (Wildman–Crippen LogP) is 4.13. The van der Waals surface area contributed by atoms with Crippen molar-refractivity contribution >= 4 is 5.69 Å². The van der Waals surface area contributed by atoms with Crippen LogP contribution < -0.4 is 10.5 Å². The number of rotatable bonds is 3. The van der Waals surface area contributed by atoms with Crippen molar-refractivity contribution in [3.63, 3.8) is 0 Å². The van der Waals surface area contributed by atoms with Crippen LogP contribution in [0.3, 0.4) is 0 Å². The van der Waals surface area contributed by atoms with Crippen LogP contribution in [-0.4, -0.2) is 10.2 Å². The Balaban J connectivity index is 1.85. The summed E-state index contributed by atoms with van der Waals surface area (Å²) >= 11 is 0. The smallest absolute Gasteiger partial charge is 0.416 e. The molecule has 1 heterocycles. The quantitative estimate of drug-likeness (QED) is 0.734. The van der Waals surface area contributed by atoms with Crippen molar-refractivity contribution in [2.45, 2.75) is 6.18 Å².